The molecule has 0 aromatic heterocycles. The number of hydrogen-bond donors (Lipinski definition) is 1. The molecule has 1 heterocycles. The van der Waals surface area contributed by atoms with Crippen LogP contribution in [-0.2, 0) is 16.0 Å². The van der Waals surface area contributed by atoms with Crippen molar-refractivity contribution in [2.75, 3.05) is 19.6 Å². The van der Waals surface area contributed by atoms with Crippen molar-refractivity contribution in [3.05, 3.63) is 29.3 Å². The Bertz CT molecular complexity index is 528. The predicted molar refractivity (Wildman–Crippen MR) is 86.2 cm³/mol. The summed E-state index contributed by atoms with van der Waals surface area (Å²) in [6.45, 7) is 0. The molecule has 2 atom stereocenters. The van der Waals surface area contributed by atoms with Gasteiger partial charge in [-0.25, -0.2) is 10.9 Å². The molecule has 0 radical (unpaired) electrons. The number of carbonyl (C=O) groups excluding carboxylic acids is 2. The van der Waals surface area contributed by atoms with Crippen molar-refractivity contribution in [2.24, 2.45) is 0 Å². The van der Waals surface area contributed by atoms with Gasteiger partial charge in [-0.1, -0.05) is 6.07 Å². The molecule has 1 aliphatic rings. The number of thioether (sulfide) groups is 1. The molecular formula is C15H20O3S2. The van der Waals surface area contributed by atoms with Crippen LogP contribution in [0.3, 0.4) is 0 Å². The zero-order chi connectivity index (χ0) is 14.7. The molecule has 3 nitrogen and oxygen atoms in total. The topological polar surface area (TPSA) is 43.4 Å². The first-order valence-electron chi connectivity index (χ1n) is 6.55. The highest BCUT2D eigenvalue weighted by Crippen LogP contribution is 2.49. The minimum absolute atomic E-state index is 0.160. The Kier molecular flexibility index (Phi) is 5.16. The van der Waals surface area contributed by atoms with Crippen LogP contribution in [0.5, 0.6) is 0 Å². The highest BCUT2D eigenvalue weighted by atomic mass is 32.2. The maximum Gasteiger partial charge on any atom is 0.313 e. The van der Waals surface area contributed by atoms with Crippen molar-refractivity contribution >= 4 is 34.4 Å². The molecule has 5 heteroatoms. The fourth-order valence-corrected chi connectivity index (χ4v) is 6.24. The molecule has 0 aliphatic carbocycles. The van der Waals surface area contributed by atoms with Gasteiger partial charge in [0.05, 0.1) is 7.11 Å². The first-order chi connectivity index (χ1) is 9.56. The van der Waals surface area contributed by atoms with Gasteiger partial charge in [-0.2, -0.15) is 11.8 Å². The van der Waals surface area contributed by atoms with Crippen LogP contribution in [0.4, 0.5) is 0 Å². The van der Waals surface area contributed by atoms with E-state index < -0.39 is 5.97 Å². The van der Waals surface area contributed by atoms with Crippen molar-refractivity contribution in [1.82, 2.24) is 0 Å². The van der Waals surface area contributed by atoms with Gasteiger partial charge in [0.1, 0.15) is 6.42 Å². The van der Waals surface area contributed by atoms with E-state index in [9.17, 15) is 9.59 Å². The lowest BCUT2D eigenvalue weighted by atomic mass is 10.0. The lowest BCUT2D eigenvalue weighted by molar-refractivity contribution is -0.139. The summed E-state index contributed by atoms with van der Waals surface area (Å²) in [7, 11) is 1.14. The van der Waals surface area contributed by atoms with Gasteiger partial charge in [-0.3, -0.25) is 9.59 Å². The van der Waals surface area contributed by atoms with Crippen LogP contribution in [0.15, 0.2) is 23.1 Å². The summed E-state index contributed by atoms with van der Waals surface area (Å²) < 4.78 is 5.26. The first kappa shape index (κ1) is 15.4. The number of carbonyl (C=O) groups is 2. The largest absolute Gasteiger partial charge is 0.469 e. The summed E-state index contributed by atoms with van der Waals surface area (Å²) in [6.07, 6.45) is 6.49. The van der Waals surface area contributed by atoms with Crippen molar-refractivity contribution in [3.8, 4) is 0 Å². The summed E-state index contributed by atoms with van der Waals surface area (Å²) in [5, 5.41) is 0. The standard InChI is InChI=1S/C15H20O3S2/c1-18-14(17)9-12(16)10-4-6-13-11(8-10)5-7-15(19-2)20(13)3/h4,6,8,15,20H,5,7,9H2,1-3H3. The fourth-order valence-electron chi connectivity index (χ4n) is 2.51. The Labute approximate surface area is 126 Å². The molecule has 0 saturated carbocycles. The number of thiol groups is 1. The minimum atomic E-state index is -0.479. The zero-order valence-corrected chi connectivity index (χ0v) is 13.7. The molecule has 1 aliphatic heterocycles. The highest BCUT2D eigenvalue weighted by molar-refractivity contribution is 8.27. The van der Waals surface area contributed by atoms with Gasteiger partial charge in [0.15, 0.2) is 5.78 Å². The van der Waals surface area contributed by atoms with Crippen LogP contribution in [0.1, 0.15) is 28.8 Å². The lowest BCUT2D eigenvalue weighted by Gasteiger charge is -2.33. The Hall–Kier alpha value is -0.940. The molecule has 1 aromatic carbocycles. The van der Waals surface area contributed by atoms with Crippen LogP contribution in [0, 0.1) is 0 Å². The van der Waals surface area contributed by atoms with Gasteiger partial charge in [0.25, 0.3) is 0 Å². The number of ketones is 1. The second-order valence-corrected chi connectivity index (χ2v) is 8.58. The summed E-state index contributed by atoms with van der Waals surface area (Å²) in [4.78, 5) is 24.6. The lowest BCUT2D eigenvalue weighted by Crippen LogP contribution is -2.14. The molecule has 0 spiro atoms. The summed E-state index contributed by atoms with van der Waals surface area (Å²) >= 11 is 1.94. The van der Waals surface area contributed by atoms with E-state index in [1.807, 2.05) is 23.9 Å². The van der Waals surface area contributed by atoms with Crippen LogP contribution in [0.2, 0.25) is 0 Å². The Morgan fingerprint density at radius 1 is 1.45 bits per heavy atom. The van der Waals surface area contributed by atoms with Crippen molar-refractivity contribution in [3.63, 3.8) is 0 Å². The Morgan fingerprint density at radius 2 is 2.20 bits per heavy atom. The van der Waals surface area contributed by atoms with E-state index in [0.29, 0.717) is 10.1 Å². The molecule has 20 heavy (non-hydrogen) atoms. The van der Waals surface area contributed by atoms with Gasteiger partial charge in [0, 0.05) is 10.1 Å². The van der Waals surface area contributed by atoms with E-state index in [2.05, 4.69) is 23.3 Å². The number of Topliss-reactive ketones (excluding diaryl/α,β-unsaturated/α-hetero) is 1. The monoisotopic (exact) mass is 312 g/mol. The van der Waals surface area contributed by atoms with Crippen LogP contribution >= 0.6 is 22.7 Å². The Balaban J connectivity index is 2.21. The molecule has 0 saturated heterocycles. The van der Waals surface area contributed by atoms with Gasteiger partial charge in [-0.15, -0.1) is 0 Å². The third-order valence-corrected chi connectivity index (χ3v) is 8.36. The molecular weight excluding hydrogens is 292 g/mol. The molecule has 0 bridgehead atoms. The summed E-state index contributed by atoms with van der Waals surface area (Å²) in [6, 6.07) is 5.90. The van der Waals surface area contributed by atoms with Crippen LogP contribution < -0.4 is 0 Å². The number of esters is 1. The molecule has 0 N–H and O–H groups in total. The van der Waals surface area contributed by atoms with Gasteiger partial charge >= 0.3 is 5.97 Å². The van der Waals surface area contributed by atoms with E-state index in [4.69, 9.17) is 0 Å². The smallest absolute Gasteiger partial charge is 0.313 e. The average Bonchev–Trinajstić information content (AvgIpc) is 2.47. The Morgan fingerprint density at radius 3 is 2.85 bits per heavy atom. The van der Waals surface area contributed by atoms with Gasteiger partial charge in [0.2, 0.25) is 0 Å². The van der Waals surface area contributed by atoms with E-state index >= 15 is 0 Å². The van der Waals surface area contributed by atoms with E-state index in [-0.39, 0.29) is 23.1 Å². The predicted octanol–water partition coefficient (Wildman–Crippen LogP) is 3.06. The number of fused-ring (bicyclic) bond motifs is 1. The quantitative estimate of drug-likeness (QED) is 0.402. The number of rotatable bonds is 4. The van der Waals surface area contributed by atoms with Crippen molar-refractivity contribution in [1.29, 1.82) is 0 Å². The van der Waals surface area contributed by atoms with E-state index in [0.717, 1.165) is 6.42 Å². The maximum atomic E-state index is 12.0. The third-order valence-electron chi connectivity index (χ3n) is 3.68. The molecule has 110 valence electrons. The first-order valence-corrected chi connectivity index (χ1v) is 9.70. The SMILES string of the molecule is COC(=O)CC(=O)c1ccc2c(c1)CCC(SC)[SH]2C. The maximum absolute atomic E-state index is 12.0. The third kappa shape index (κ3) is 3.20. The van der Waals surface area contributed by atoms with Gasteiger partial charge < -0.3 is 4.74 Å². The van der Waals surface area contributed by atoms with E-state index in [1.54, 1.807) is 0 Å². The number of ether oxygens (including phenoxy) is 1. The molecule has 1 aromatic rings. The normalized spacial score (nSPS) is 22.9. The van der Waals surface area contributed by atoms with E-state index in [1.165, 1.54) is 24.0 Å². The zero-order valence-electron chi connectivity index (χ0n) is 12.0. The average molecular weight is 312 g/mol. The van der Waals surface area contributed by atoms with Crippen molar-refractivity contribution in [2.45, 2.75) is 28.7 Å². The second kappa shape index (κ2) is 6.68. The van der Waals surface area contributed by atoms with Crippen LogP contribution in [-0.4, -0.2) is 36.0 Å². The van der Waals surface area contributed by atoms with Gasteiger partial charge in [-0.05, 0) is 47.9 Å². The number of benzene rings is 1. The number of aryl methyl sites for hydroxylation is 1. The molecule has 2 unspecified atom stereocenters. The number of methoxy groups -OCH3 is 1. The molecule has 2 rings (SSSR count). The molecule has 0 fully saturated rings. The van der Waals surface area contributed by atoms with Crippen molar-refractivity contribution < 1.29 is 14.3 Å². The fraction of sp³-hybridized carbons (Fsp3) is 0.467. The van der Waals surface area contributed by atoms with Crippen LogP contribution in [0.25, 0.3) is 0 Å². The number of hydrogen-bond acceptors (Lipinski definition) is 4. The second-order valence-electron chi connectivity index (χ2n) is 4.86. The summed E-state index contributed by atoms with van der Waals surface area (Å²) in [5.74, 6) is -0.639. The highest BCUT2D eigenvalue weighted by Gasteiger charge is 2.24. The molecule has 0 amide bonds. The summed E-state index contributed by atoms with van der Waals surface area (Å²) in [5.41, 5.74) is 1.90. The minimum Gasteiger partial charge on any atom is -0.469 e.